The van der Waals surface area contributed by atoms with Gasteiger partial charge in [0.2, 0.25) is 0 Å². The third-order valence-electron chi connectivity index (χ3n) is 4.61. The standard InChI is InChI=1S/C17H22O2/c1-19-17(18)11-16(13-7-8-13)15-9-6-12-4-2-3-5-14(12)10-15/h6,9-10,13,16H,2-5,7-8,11H2,1H3. The summed E-state index contributed by atoms with van der Waals surface area (Å²) in [4.78, 5) is 11.6. The normalized spacial score (nSPS) is 19.6. The van der Waals surface area contributed by atoms with Crippen molar-refractivity contribution in [3.63, 3.8) is 0 Å². The van der Waals surface area contributed by atoms with Crippen molar-refractivity contribution in [2.75, 3.05) is 7.11 Å². The Morgan fingerprint density at radius 2 is 2.00 bits per heavy atom. The fraction of sp³-hybridized carbons (Fsp3) is 0.588. The van der Waals surface area contributed by atoms with Gasteiger partial charge in [-0.25, -0.2) is 0 Å². The van der Waals surface area contributed by atoms with E-state index in [-0.39, 0.29) is 5.97 Å². The molecule has 0 bridgehead atoms. The highest BCUT2D eigenvalue weighted by Crippen LogP contribution is 2.45. The number of benzene rings is 1. The van der Waals surface area contributed by atoms with Crippen molar-refractivity contribution in [3.8, 4) is 0 Å². The van der Waals surface area contributed by atoms with Gasteiger partial charge in [0.05, 0.1) is 13.5 Å². The Morgan fingerprint density at radius 1 is 1.26 bits per heavy atom. The van der Waals surface area contributed by atoms with Crippen LogP contribution in [0.1, 0.15) is 54.7 Å². The summed E-state index contributed by atoms with van der Waals surface area (Å²) in [6, 6.07) is 6.90. The molecule has 1 aromatic rings. The van der Waals surface area contributed by atoms with Crippen LogP contribution >= 0.6 is 0 Å². The van der Waals surface area contributed by atoms with Gasteiger partial charge in [0.1, 0.15) is 0 Å². The van der Waals surface area contributed by atoms with Crippen LogP contribution in [0.25, 0.3) is 0 Å². The summed E-state index contributed by atoms with van der Waals surface area (Å²) in [6.45, 7) is 0. The van der Waals surface area contributed by atoms with Crippen molar-refractivity contribution in [2.24, 2.45) is 5.92 Å². The Morgan fingerprint density at radius 3 is 2.68 bits per heavy atom. The number of carbonyl (C=O) groups is 1. The minimum atomic E-state index is -0.0744. The molecule has 0 aliphatic heterocycles. The monoisotopic (exact) mass is 258 g/mol. The topological polar surface area (TPSA) is 26.3 Å². The van der Waals surface area contributed by atoms with E-state index in [1.807, 2.05) is 0 Å². The number of methoxy groups -OCH3 is 1. The zero-order chi connectivity index (χ0) is 13.2. The second-order valence-electron chi connectivity index (χ2n) is 5.96. The molecule has 1 unspecified atom stereocenters. The maximum Gasteiger partial charge on any atom is 0.306 e. The number of aryl methyl sites for hydroxylation is 2. The lowest BCUT2D eigenvalue weighted by Crippen LogP contribution is -2.12. The van der Waals surface area contributed by atoms with Gasteiger partial charge >= 0.3 is 5.97 Å². The molecule has 1 fully saturated rings. The molecule has 2 nitrogen and oxygen atoms in total. The molecule has 3 rings (SSSR count). The maximum absolute atomic E-state index is 11.6. The first-order chi connectivity index (χ1) is 9.28. The molecule has 0 spiro atoms. The van der Waals surface area contributed by atoms with E-state index >= 15 is 0 Å². The zero-order valence-electron chi connectivity index (χ0n) is 11.7. The van der Waals surface area contributed by atoms with Gasteiger partial charge in [-0.1, -0.05) is 18.2 Å². The molecular formula is C17H22O2. The van der Waals surface area contributed by atoms with E-state index in [1.165, 1.54) is 62.3 Å². The van der Waals surface area contributed by atoms with Crippen LogP contribution in [0.5, 0.6) is 0 Å². The number of carbonyl (C=O) groups excluding carboxylic acids is 1. The highest BCUT2D eigenvalue weighted by molar-refractivity contribution is 5.70. The van der Waals surface area contributed by atoms with Crippen LogP contribution in [0.15, 0.2) is 18.2 Å². The lowest BCUT2D eigenvalue weighted by Gasteiger charge is -2.21. The molecule has 1 aromatic carbocycles. The lowest BCUT2D eigenvalue weighted by molar-refractivity contribution is -0.141. The molecule has 0 N–H and O–H groups in total. The average molecular weight is 258 g/mol. The van der Waals surface area contributed by atoms with Gasteiger partial charge < -0.3 is 4.74 Å². The second kappa shape index (κ2) is 5.36. The van der Waals surface area contributed by atoms with Crippen LogP contribution in [0.2, 0.25) is 0 Å². The van der Waals surface area contributed by atoms with E-state index < -0.39 is 0 Å². The predicted octanol–water partition coefficient (Wildman–Crippen LogP) is 3.62. The van der Waals surface area contributed by atoms with Gasteiger partial charge in [-0.15, -0.1) is 0 Å². The highest BCUT2D eigenvalue weighted by atomic mass is 16.5. The summed E-state index contributed by atoms with van der Waals surface area (Å²) >= 11 is 0. The molecule has 0 amide bonds. The number of hydrogen-bond acceptors (Lipinski definition) is 2. The first kappa shape index (κ1) is 12.7. The fourth-order valence-electron chi connectivity index (χ4n) is 3.30. The van der Waals surface area contributed by atoms with E-state index in [2.05, 4.69) is 18.2 Å². The number of ether oxygens (including phenoxy) is 1. The number of rotatable bonds is 4. The Balaban J connectivity index is 1.83. The Labute approximate surface area is 115 Å². The molecule has 102 valence electrons. The van der Waals surface area contributed by atoms with Crippen LogP contribution in [-0.4, -0.2) is 13.1 Å². The van der Waals surface area contributed by atoms with Gasteiger partial charge in [-0.2, -0.15) is 0 Å². The minimum Gasteiger partial charge on any atom is -0.469 e. The van der Waals surface area contributed by atoms with Gasteiger partial charge in [0, 0.05) is 0 Å². The molecule has 2 aliphatic rings. The Hall–Kier alpha value is -1.31. The molecule has 1 saturated carbocycles. The largest absolute Gasteiger partial charge is 0.469 e. The molecular weight excluding hydrogens is 236 g/mol. The van der Waals surface area contributed by atoms with E-state index in [0.717, 1.165) is 0 Å². The van der Waals surface area contributed by atoms with Crippen LogP contribution < -0.4 is 0 Å². The van der Waals surface area contributed by atoms with Gasteiger partial charge in [-0.05, 0) is 67.1 Å². The first-order valence-electron chi connectivity index (χ1n) is 7.46. The van der Waals surface area contributed by atoms with E-state index in [1.54, 1.807) is 0 Å². The molecule has 0 saturated heterocycles. The van der Waals surface area contributed by atoms with E-state index in [0.29, 0.717) is 18.3 Å². The molecule has 0 radical (unpaired) electrons. The molecule has 0 heterocycles. The second-order valence-corrected chi connectivity index (χ2v) is 5.96. The van der Waals surface area contributed by atoms with Crippen LogP contribution in [-0.2, 0) is 22.4 Å². The minimum absolute atomic E-state index is 0.0744. The zero-order valence-corrected chi connectivity index (χ0v) is 11.7. The summed E-state index contributed by atoms with van der Waals surface area (Å²) in [6.07, 6.45) is 8.12. The fourth-order valence-corrected chi connectivity index (χ4v) is 3.30. The number of hydrogen-bond donors (Lipinski definition) is 0. The summed E-state index contributed by atoms with van der Waals surface area (Å²) in [5.41, 5.74) is 4.38. The lowest BCUT2D eigenvalue weighted by atomic mass is 9.85. The first-order valence-corrected chi connectivity index (χ1v) is 7.46. The average Bonchev–Trinajstić information content (AvgIpc) is 3.28. The van der Waals surface area contributed by atoms with Crippen LogP contribution in [0.3, 0.4) is 0 Å². The summed E-state index contributed by atoms with van der Waals surface area (Å²) in [5.74, 6) is 0.995. The van der Waals surface area contributed by atoms with Crippen molar-refractivity contribution in [1.82, 2.24) is 0 Å². The molecule has 1 atom stereocenters. The Kier molecular flexibility index (Phi) is 3.58. The molecule has 19 heavy (non-hydrogen) atoms. The van der Waals surface area contributed by atoms with Crippen LogP contribution in [0.4, 0.5) is 0 Å². The van der Waals surface area contributed by atoms with Crippen molar-refractivity contribution in [1.29, 1.82) is 0 Å². The van der Waals surface area contributed by atoms with Crippen molar-refractivity contribution in [2.45, 2.75) is 50.9 Å². The predicted molar refractivity (Wildman–Crippen MR) is 75.2 cm³/mol. The van der Waals surface area contributed by atoms with Crippen molar-refractivity contribution in [3.05, 3.63) is 34.9 Å². The molecule has 0 aromatic heterocycles. The summed E-state index contributed by atoms with van der Waals surface area (Å²) < 4.78 is 4.85. The molecule has 2 heteroatoms. The third kappa shape index (κ3) is 2.83. The van der Waals surface area contributed by atoms with E-state index in [4.69, 9.17) is 4.74 Å². The summed E-state index contributed by atoms with van der Waals surface area (Å²) in [5, 5.41) is 0. The Bertz CT molecular complexity index is 474. The third-order valence-corrected chi connectivity index (χ3v) is 4.61. The number of esters is 1. The number of fused-ring (bicyclic) bond motifs is 1. The van der Waals surface area contributed by atoms with Crippen LogP contribution in [0, 0.1) is 5.92 Å². The van der Waals surface area contributed by atoms with Crippen molar-refractivity contribution < 1.29 is 9.53 Å². The quantitative estimate of drug-likeness (QED) is 0.771. The highest BCUT2D eigenvalue weighted by Gasteiger charge is 2.34. The van der Waals surface area contributed by atoms with Gasteiger partial charge in [0.15, 0.2) is 0 Å². The maximum atomic E-state index is 11.6. The van der Waals surface area contributed by atoms with Gasteiger partial charge in [-0.3, -0.25) is 4.79 Å². The van der Waals surface area contributed by atoms with Gasteiger partial charge in [0.25, 0.3) is 0 Å². The summed E-state index contributed by atoms with van der Waals surface area (Å²) in [7, 11) is 1.49. The van der Waals surface area contributed by atoms with Crippen molar-refractivity contribution >= 4 is 5.97 Å². The van der Waals surface area contributed by atoms with E-state index in [9.17, 15) is 4.79 Å². The smallest absolute Gasteiger partial charge is 0.306 e. The molecule has 2 aliphatic carbocycles. The SMILES string of the molecule is COC(=O)CC(c1ccc2c(c1)CCCC2)C1CC1.